The summed E-state index contributed by atoms with van der Waals surface area (Å²) in [6.07, 6.45) is -4.69. The minimum atomic E-state index is -4.69. The van der Waals surface area contributed by atoms with Gasteiger partial charge in [-0.1, -0.05) is 24.3 Å². The number of hydrogen-bond acceptors (Lipinski definition) is 4. The van der Waals surface area contributed by atoms with E-state index in [-0.39, 0.29) is 11.8 Å². The third-order valence-corrected chi connectivity index (χ3v) is 4.38. The molecule has 0 spiro atoms. The molecule has 1 saturated heterocycles. The van der Waals surface area contributed by atoms with Crippen LogP contribution in [0.2, 0.25) is 0 Å². The van der Waals surface area contributed by atoms with Gasteiger partial charge >= 0.3 is 6.36 Å². The maximum Gasteiger partial charge on any atom is 0.573 e. The standard InChI is InChI=1S/C19H21F3N2O2/c1-25-16-6-2-14(3-7-16)18(24-12-10-23-11-13-24)15-4-8-17(9-5-15)26-19(20,21)22/h2-9,18,23H,10-13H2,1H3/t18-/m1/s1. The van der Waals surface area contributed by atoms with Crippen LogP contribution in [0.4, 0.5) is 13.2 Å². The van der Waals surface area contributed by atoms with Gasteiger partial charge in [-0.3, -0.25) is 4.90 Å². The monoisotopic (exact) mass is 366 g/mol. The van der Waals surface area contributed by atoms with Crippen LogP contribution < -0.4 is 14.8 Å². The van der Waals surface area contributed by atoms with E-state index in [2.05, 4.69) is 15.0 Å². The predicted octanol–water partition coefficient (Wildman–Crippen LogP) is 3.59. The molecule has 3 rings (SSSR count). The zero-order chi connectivity index (χ0) is 18.6. The third kappa shape index (κ3) is 4.68. The third-order valence-electron chi connectivity index (χ3n) is 4.38. The Morgan fingerprint density at radius 2 is 1.38 bits per heavy atom. The normalized spacial score (nSPS) is 16.9. The summed E-state index contributed by atoms with van der Waals surface area (Å²) in [6.45, 7) is 3.47. The van der Waals surface area contributed by atoms with Crippen LogP contribution in [0.1, 0.15) is 17.2 Å². The van der Waals surface area contributed by atoms with Gasteiger partial charge in [0.05, 0.1) is 13.2 Å². The number of alkyl halides is 3. The van der Waals surface area contributed by atoms with Gasteiger partial charge in [-0.2, -0.15) is 0 Å². The number of ether oxygens (including phenoxy) is 2. The zero-order valence-corrected chi connectivity index (χ0v) is 14.4. The summed E-state index contributed by atoms with van der Waals surface area (Å²) in [5.41, 5.74) is 1.99. The topological polar surface area (TPSA) is 33.7 Å². The minimum Gasteiger partial charge on any atom is -0.497 e. The Kier molecular flexibility index (Phi) is 5.68. The molecule has 0 radical (unpaired) electrons. The van der Waals surface area contributed by atoms with Crippen LogP contribution in [0.3, 0.4) is 0 Å². The van der Waals surface area contributed by atoms with Crippen molar-refractivity contribution in [3.63, 3.8) is 0 Å². The number of benzene rings is 2. The summed E-state index contributed by atoms with van der Waals surface area (Å²) < 4.78 is 46.3. The lowest BCUT2D eigenvalue weighted by Gasteiger charge is -2.35. The molecule has 0 amide bonds. The highest BCUT2D eigenvalue weighted by Crippen LogP contribution is 2.32. The van der Waals surface area contributed by atoms with Gasteiger partial charge in [-0.15, -0.1) is 13.2 Å². The molecule has 2 aromatic rings. The Morgan fingerprint density at radius 3 is 1.85 bits per heavy atom. The molecule has 1 heterocycles. The summed E-state index contributed by atoms with van der Waals surface area (Å²) in [7, 11) is 1.61. The van der Waals surface area contributed by atoms with Gasteiger partial charge in [-0.25, -0.2) is 0 Å². The van der Waals surface area contributed by atoms with Crippen molar-refractivity contribution >= 4 is 0 Å². The molecule has 1 N–H and O–H groups in total. The highest BCUT2D eigenvalue weighted by molar-refractivity contribution is 5.38. The quantitative estimate of drug-likeness (QED) is 0.877. The molecule has 4 nitrogen and oxygen atoms in total. The molecule has 0 aliphatic carbocycles. The van der Waals surface area contributed by atoms with Crippen LogP contribution in [0, 0.1) is 0 Å². The number of methoxy groups -OCH3 is 1. The van der Waals surface area contributed by atoms with Crippen molar-refractivity contribution in [2.75, 3.05) is 33.3 Å². The number of hydrogen-bond donors (Lipinski definition) is 1. The van der Waals surface area contributed by atoms with Gasteiger partial charge in [0.25, 0.3) is 0 Å². The fourth-order valence-corrected chi connectivity index (χ4v) is 3.19. The van der Waals surface area contributed by atoms with E-state index in [9.17, 15) is 13.2 Å². The molecular formula is C19H21F3N2O2. The molecule has 0 aromatic heterocycles. The van der Waals surface area contributed by atoms with Crippen molar-refractivity contribution in [1.82, 2.24) is 10.2 Å². The summed E-state index contributed by atoms with van der Waals surface area (Å²) in [4.78, 5) is 2.32. The number of rotatable bonds is 5. The van der Waals surface area contributed by atoms with E-state index in [4.69, 9.17) is 4.74 Å². The number of nitrogens with zero attached hydrogens (tertiary/aromatic N) is 1. The molecule has 1 fully saturated rings. The van der Waals surface area contributed by atoms with Gasteiger partial charge in [-0.05, 0) is 35.4 Å². The number of nitrogens with one attached hydrogen (secondary N) is 1. The van der Waals surface area contributed by atoms with Crippen LogP contribution >= 0.6 is 0 Å². The second kappa shape index (κ2) is 7.97. The average molecular weight is 366 g/mol. The molecule has 0 bridgehead atoms. The van der Waals surface area contributed by atoms with Gasteiger partial charge in [0.1, 0.15) is 11.5 Å². The first-order chi connectivity index (χ1) is 12.5. The van der Waals surface area contributed by atoms with E-state index in [1.165, 1.54) is 12.1 Å². The first-order valence-electron chi connectivity index (χ1n) is 8.41. The SMILES string of the molecule is COc1ccc([C@H](c2ccc(OC(F)(F)F)cc2)N2CCNCC2)cc1. The van der Waals surface area contributed by atoms with Crippen molar-refractivity contribution < 1.29 is 22.6 Å². The molecule has 26 heavy (non-hydrogen) atoms. The Morgan fingerprint density at radius 1 is 0.885 bits per heavy atom. The fourth-order valence-electron chi connectivity index (χ4n) is 3.19. The minimum absolute atomic E-state index is 0.0389. The Labute approximate surface area is 150 Å². The Bertz CT molecular complexity index is 696. The van der Waals surface area contributed by atoms with Crippen molar-refractivity contribution in [2.24, 2.45) is 0 Å². The molecule has 1 aliphatic heterocycles. The second-order valence-corrected chi connectivity index (χ2v) is 6.08. The summed E-state index contributed by atoms with van der Waals surface area (Å²) in [5.74, 6) is 0.553. The fraction of sp³-hybridized carbons (Fsp3) is 0.368. The lowest BCUT2D eigenvalue weighted by Crippen LogP contribution is -2.45. The number of piperazine rings is 1. The van der Waals surface area contributed by atoms with Crippen molar-refractivity contribution in [2.45, 2.75) is 12.4 Å². The predicted molar refractivity (Wildman–Crippen MR) is 92.4 cm³/mol. The van der Waals surface area contributed by atoms with Gasteiger partial charge in [0.15, 0.2) is 0 Å². The number of halogens is 3. The Balaban J connectivity index is 1.89. The molecule has 1 atom stereocenters. The van der Waals surface area contributed by atoms with E-state index in [1.807, 2.05) is 24.3 Å². The maximum absolute atomic E-state index is 12.4. The molecule has 7 heteroatoms. The maximum atomic E-state index is 12.4. The molecule has 2 aromatic carbocycles. The van der Waals surface area contributed by atoms with Crippen molar-refractivity contribution in [3.05, 3.63) is 59.7 Å². The average Bonchev–Trinajstić information content (AvgIpc) is 2.64. The van der Waals surface area contributed by atoms with Crippen LogP contribution in [0.15, 0.2) is 48.5 Å². The second-order valence-electron chi connectivity index (χ2n) is 6.08. The van der Waals surface area contributed by atoms with Gasteiger partial charge in [0, 0.05) is 26.2 Å². The summed E-state index contributed by atoms with van der Waals surface area (Å²) >= 11 is 0. The molecule has 0 unspecified atom stereocenters. The van der Waals surface area contributed by atoms with Crippen LogP contribution in [-0.2, 0) is 0 Å². The molecule has 140 valence electrons. The lowest BCUT2D eigenvalue weighted by molar-refractivity contribution is -0.274. The highest BCUT2D eigenvalue weighted by atomic mass is 19.4. The first kappa shape index (κ1) is 18.5. The smallest absolute Gasteiger partial charge is 0.497 e. The zero-order valence-electron chi connectivity index (χ0n) is 14.4. The van der Waals surface area contributed by atoms with E-state index in [0.29, 0.717) is 0 Å². The largest absolute Gasteiger partial charge is 0.573 e. The first-order valence-corrected chi connectivity index (χ1v) is 8.41. The van der Waals surface area contributed by atoms with Crippen LogP contribution in [0.5, 0.6) is 11.5 Å². The van der Waals surface area contributed by atoms with Crippen LogP contribution in [-0.4, -0.2) is 44.6 Å². The van der Waals surface area contributed by atoms with Crippen LogP contribution in [0.25, 0.3) is 0 Å². The van der Waals surface area contributed by atoms with Crippen molar-refractivity contribution in [3.8, 4) is 11.5 Å². The van der Waals surface area contributed by atoms with E-state index >= 15 is 0 Å². The lowest BCUT2D eigenvalue weighted by atomic mass is 9.96. The van der Waals surface area contributed by atoms with E-state index in [1.54, 1.807) is 19.2 Å². The molecular weight excluding hydrogens is 345 g/mol. The summed E-state index contributed by atoms with van der Waals surface area (Å²) in [6, 6.07) is 13.8. The van der Waals surface area contributed by atoms with E-state index in [0.717, 1.165) is 43.1 Å². The van der Waals surface area contributed by atoms with E-state index < -0.39 is 6.36 Å². The summed E-state index contributed by atoms with van der Waals surface area (Å²) in [5, 5.41) is 3.32. The highest BCUT2D eigenvalue weighted by Gasteiger charge is 2.31. The van der Waals surface area contributed by atoms with Gasteiger partial charge in [0.2, 0.25) is 0 Å². The van der Waals surface area contributed by atoms with Crippen molar-refractivity contribution in [1.29, 1.82) is 0 Å². The Hall–Kier alpha value is -2.25. The van der Waals surface area contributed by atoms with Gasteiger partial charge < -0.3 is 14.8 Å². The molecule has 0 saturated carbocycles. The molecule has 1 aliphatic rings.